The number of allylic oxidation sites excluding steroid dienone is 1. The Morgan fingerprint density at radius 3 is 2.50 bits per heavy atom. The van der Waals surface area contributed by atoms with Crippen LogP contribution in [-0.4, -0.2) is 12.8 Å². The number of hydrogen-bond acceptors (Lipinski definition) is 2. The maximum absolute atomic E-state index is 4.30. The standard InChI is InChI=1S/C8H16N2/c1-5-7(2)10-8(3)6-9-4/h6,9H,5H2,1-4H3/b8-6-,10-7+. The second-order valence-electron chi connectivity index (χ2n) is 2.28. The molecule has 0 aromatic rings. The van der Waals surface area contributed by atoms with Gasteiger partial charge in [0.1, 0.15) is 0 Å². The predicted octanol–water partition coefficient (Wildman–Crippen LogP) is 1.94. The third-order valence-electron chi connectivity index (χ3n) is 1.23. The normalized spacial score (nSPS) is 13.6. The van der Waals surface area contributed by atoms with Crippen LogP contribution in [0.2, 0.25) is 0 Å². The first-order chi connectivity index (χ1) is 4.70. The third kappa shape index (κ3) is 4.13. The lowest BCUT2D eigenvalue weighted by Crippen LogP contribution is -1.95. The molecule has 0 aliphatic carbocycles. The Morgan fingerprint density at radius 2 is 2.10 bits per heavy atom. The molecular formula is C8H16N2. The van der Waals surface area contributed by atoms with Gasteiger partial charge >= 0.3 is 0 Å². The summed E-state index contributed by atoms with van der Waals surface area (Å²) in [6.45, 7) is 6.12. The summed E-state index contributed by atoms with van der Waals surface area (Å²) in [6.07, 6.45) is 2.91. The molecule has 58 valence electrons. The monoisotopic (exact) mass is 140 g/mol. The van der Waals surface area contributed by atoms with E-state index in [1.165, 1.54) is 5.71 Å². The number of hydrogen-bond donors (Lipinski definition) is 1. The molecule has 10 heavy (non-hydrogen) atoms. The summed E-state index contributed by atoms with van der Waals surface area (Å²) in [4.78, 5) is 4.30. The lowest BCUT2D eigenvalue weighted by Gasteiger charge is -1.95. The summed E-state index contributed by atoms with van der Waals surface area (Å²) >= 11 is 0. The molecule has 0 atom stereocenters. The van der Waals surface area contributed by atoms with E-state index in [2.05, 4.69) is 17.2 Å². The van der Waals surface area contributed by atoms with E-state index in [1.807, 2.05) is 27.1 Å². The highest BCUT2D eigenvalue weighted by molar-refractivity contribution is 5.82. The zero-order chi connectivity index (χ0) is 7.98. The second-order valence-corrected chi connectivity index (χ2v) is 2.28. The Balaban J connectivity index is 3.98. The van der Waals surface area contributed by atoms with Gasteiger partial charge in [0.05, 0.1) is 5.70 Å². The molecule has 0 saturated carbocycles. The van der Waals surface area contributed by atoms with Gasteiger partial charge in [-0.1, -0.05) is 6.92 Å². The molecule has 2 heteroatoms. The fourth-order valence-corrected chi connectivity index (χ4v) is 0.621. The van der Waals surface area contributed by atoms with Crippen molar-refractivity contribution in [3.63, 3.8) is 0 Å². The van der Waals surface area contributed by atoms with Crippen molar-refractivity contribution in [2.75, 3.05) is 7.05 Å². The highest BCUT2D eigenvalue weighted by Crippen LogP contribution is 1.95. The first-order valence-corrected chi connectivity index (χ1v) is 3.59. The Kier molecular flexibility index (Phi) is 4.63. The maximum atomic E-state index is 4.30. The van der Waals surface area contributed by atoms with Gasteiger partial charge in [0, 0.05) is 19.0 Å². The number of nitrogens with one attached hydrogen (secondary N) is 1. The van der Waals surface area contributed by atoms with Crippen LogP contribution in [0.25, 0.3) is 0 Å². The van der Waals surface area contributed by atoms with E-state index in [-0.39, 0.29) is 0 Å². The molecule has 0 spiro atoms. The Bertz CT molecular complexity index is 145. The van der Waals surface area contributed by atoms with Gasteiger partial charge in [-0.05, 0) is 20.3 Å². The number of aliphatic imine (C=N–C) groups is 1. The van der Waals surface area contributed by atoms with Crippen molar-refractivity contribution in [3.8, 4) is 0 Å². The minimum Gasteiger partial charge on any atom is -0.393 e. The van der Waals surface area contributed by atoms with E-state index in [1.54, 1.807) is 0 Å². The summed E-state index contributed by atoms with van der Waals surface area (Å²) in [5.41, 5.74) is 2.20. The smallest absolute Gasteiger partial charge is 0.0528 e. The van der Waals surface area contributed by atoms with Gasteiger partial charge in [0.15, 0.2) is 0 Å². The molecule has 0 aliphatic heterocycles. The van der Waals surface area contributed by atoms with Gasteiger partial charge in [0.25, 0.3) is 0 Å². The molecule has 0 bridgehead atoms. The van der Waals surface area contributed by atoms with E-state index in [4.69, 9.17) is 0 Å². The number of rotatable bonds is 3. The molecule has 0 fully saturated rings. The topological polar surface area (TPSA) is 24.4 Å². The molecular weight excluding hydrogens is 124 g/mol. The van der Waals surface area contributed by atoms with Crippen molar-refractivity contribution in [3.05, 3.63) is 11.9 Å². The van der Waals surface area contributed by atoms with Gasteiger partial charge in [-0.25, -0.2) is 0 Å². The zero-order valence-corrected chi connectivity index (χ0v) is 7.23. The minimum absolute atomic E-state index is 1.02. The molecule has 1 N–H and O–H groups in total. The summed E-state index contributed by atoms with van der Waals surface area (Å²) < 4.78 is 0. The van der Waals surface area contributed by atoms with Gasteiger partial charge in [-0.2, -0.15) is 0 Å². The molecule has 2 nitrogen and oxygen atoms in total. The van der Waals surface area contributed by atoms with Crippen LogP contribution >= 0.6 is 0 Å². The largest absolute Gasteiger partial charge is 0.393 e. The first kappa shape index (κ1) is 9.21. The van der Waals surface area contributed by atoms with Crippen molar-refractivity contribution in [2.45, 2.75) is 27.2 Å². The molecule has 0 unspecified atom stereocenters. The predicted molar refractivity (Wildman–Crippen MR) is 46.2 cm³/mol. The van der Waals surface area contributed by atoms with Gasteiger partial charge in [-0.15, -0.1) is 0 Å². The van der Waals surface area contributed by atoms with E-state index >= 15 is 0 Å². The van der Waals surface area contributed by atoms with Crippen LogP contribution in [0.5, 0.6) is 0 Å². The Morgan fingerprint density at radius 1 is 1.50 bits per heavy atom. The van der Waals surface area contributed by atoms with Crippen LogP contribution in [0.4, 0.5) is 0 Å². The SMILES string of the molecule is CC/C(C)=N/C(C)=C\NC. The number of nitrogens with zero attached hydrogens (tertiary/aromatic N) is 1. The van der Waals surface area contributed by atoms with Gasteiger partial charge in [-0.3, -0.25) is 4.99 Å². The van der Waals surface area contributed by atoms with Crippen molar-refractivity contribution in [1.82, 2.24) is 5.32 Å². The van der Waals surface area contributed by atoms with Crippen LogP contribution in [0.15, 0.2) is 16.9 Å². The molecule has 0 aromatic carbocycles. The van der Waals surface area contributed by atoms with Crippen molar-refractivity contribution in [1.29, 1.82) is 0 Å². The van der Waals surface area contributed by atoms with Gasteiger partial charge < -0.3 is 5.32 Å². The Labute approximate surface area is 63.0 Å². The summed E-state index contributed by atoms with van der Waals surface area (Å²) in [7, 11) is 1.88. The fraction of sp³-hybridized carbons (Fsp3) is 0.625. The highest BCUT2D eigenvalue weighted by Gasteiger charge is 1.85. The van der Waals surface area contributed by atoms with Crippen LogP contribution in [-0.2, 0) is 0 Å². The van der Waals surface area contributed by atoms with Crippen molar-refractivity contribution < 1.29 is 0 Å². The molecule has 0 saturated heterocycles. The highest BCUT2D eigenvalue weighted by atomic mass is 14.8. The van der Waals surface area contributed by atoms with E-state index < -0.39 is 0 Å². The molecule has 0 amide bonds. The van der Waals surface area contributed by atoms with Crippen LogP contribution in [0.3, 0.4) is 0 Å². The van der Waals surface area contributed by atoms with Crippen LogP contribution in [0, 0.1) is 0 Å². The quantitative estimate of drug-likeness (QED) is 0.595. The van der Waals surface area contributed by atoms with Crippen LogP contribution in [0.1, 0.15) is 27.2 Å². The van der Waals surface area contributed by atoms with E-state index in [9.17, 15) is 0 Å². The zero-order valence-electron chi connectivity index (χ0n) is 7.23. The molecule has 0 rings (SSSR count). The first-order valence-electron chi connectivity index (χ1n) is 3.59. The second kappa shape index (κ2) is 5.03. The molecule has 0 heterocycles. The lowest BCUT2D eigenvalue weighted by atomic mass is 10.3. The van der Waals surface area contributed by atoms with Gasteiger partial charge in [0.2, 0.25) is 0 Å². The summed E-state index contributed by atoms with van der Waals surface area (Å²) in [6, 6.07) is 0. The summed E-state index contributed by atoms with van der Waals surface area (Å²) in [5.74, 6) is 0. The average Bonchev–Trinajstić information content (AvgIpc) is 1.88. The van der Waals surface area contributed by atoms with E-state index in [0.717, 1.165) is 12.1 Å². The maximum Gasteiger partial charge on any atom is 0.0528 e. The molecule has 0 aromatic heterocycles. The van der Waals surface area contributed by atoms with E-state index in [0.29, 0.717) is 0 Å². The summed E-state index contributed by atoms with van der Waals surface area (Å²) in [5, 5.41) is 2.93. The fourth-order valence-electron chi connectivity index (χ4n) is 0.621. The average molecular weight is 140 g/mol. The Hall–Kier alpha value is -0.790. The van der Waals surface area contributed by atoms with Crippen molar-refractivity contribution >= 4 is 5.71 Å². The molecule has 0 radical (unpaired) electrons. The lowest BCUT2D eigenvalue weighted by molar-refractivity contribution is 1.05. The molecule has 0 aliphatic rings. The third-order valence-corrected chi connectivity index (χ3v) is 1.23. The van der Waals surface area contributed by atoms with Crippen molar-refractivity contribution in [2.24, 2.45) is 4.99 Å². The minimum atomic E-state index is 1.02. The van der Waals surface area contributed by atoms with Crippen LogP contribution < -0.4 is 5.32 Å².